The van der Waals surface area contributed by atoms with Crippen LogP contribution in [0.2, 0.25) is 0 Å². The first kappa shape index (κ1) is 20.0. The van der Waals surface area contributed by atoms with E-state index in [-0.39, 0.29) is 11.3 Å². The summed E-state index contributed by atoms with van der Waals surface area (Å²) < 4.78 is 0. The van der Waals surface area contributed by atoms with Crippen LogP contribution in [-0.4, -0.2) is 75.0 Å². The van der Waals surface area contributed by atoms with Gasteiger partial charge in [0.1, 0.15) is 0 Å². The summed E-state index contributed by atoms with van der Waals surface area (Å²) in [5, 5.41) is 6.91. The lowest BCUT2D eigenvalue weighted by Gasteiger charge is -2.32. The number of carbonyl (C=O) groups excluding carboxylic acids is 1. The van der Waals surface area contributed by atoms with Gasteiger partial charge in [-0.2, -0.15) is 0 Å². The second kappa shape index (κ2) is 9.41. The highest BCUT2D eigenvalue weighted by atomic mass is 16.2. The molecule has 1 unspecified atom stereocenters. The van der Waals surface area contributed by atoms with Crippen LogP contribution in [0.25, 0.3) is 0 Å². The molecule has 6 nitrogen and oxygen atoms in total. The SMILES string of the molecule is CCC(CNC(=NC)NCC1(C(=O)N(C)C)CCCC1)N1CCCC1. The summed E-state index contributed by atoms with van der Waals surface area (Å²) in [6.07, 6.45) is 8.00. The minimum absolute atomic E-state index is 0.247. The maximum Gasteiger partial charge on any atom is 0.230 e. The molecule has 1 heterocycles. The van der Waals surface area contributed by atoms with Gasteiger partial charge < -0.3 is 15.5 Å². The predicted octanol–water partition coefficient (Wildman–Crippen LogP) is 1.67. The fourth-order valence-electron chi connectivity index (χ4n) is 4.32. The van der Waals surface area contributed by atoms with Crippen LogP contribution in [0.5, 0.6) is 0 Å². The number of nitrogens with one attached hydrogen (secondary N) is 2. The van der Waals surface area contributed by atoms with Gasteiger partial charge in [0.25, 0.3) is 0 Å². The number of aliphatic imine (C=N–C) groups is 1. The van der Waals surface area contributed by atoms with E-state index in [4.69, 9.17) is 0 Å². The van der Waals surface area contributed by atoms with Crippen LogP contribution in [0, 0.1) is 5.41 Å². The summed E-state index contributed by atoms with van der Waals surface area (Å²) in [5.41, 5.74) is -0.264. The third-order valence-electron chi connectivity index (χ3n) is 5.87. The second-order valence-corrected chi connectivity index (χ2v) is 7.80. The Hall–Kier alpha value is -1.30. The average Bonchev–Trinajstić information content (AvgIpc) is 3.30. The molecule has 6 heteroatoms. The number of rotatable bonds is 7. The molecule has 144 valence electrons. The van der Waals surface area contributed by atoms with Crippen molar-refractivity contribution in [3.8, 4) is 0 Å². The van der Waals surface area contributed by atoms with Crippen molar-refractivity contribution < 1.29 is 4.79 Å². The van der Waals surface area contributed by atoms with Crippen LogP contribution in [0.1, 0.15) is 51.9 Å². The molecule has 2 N–H and O–H groups in total. The number of hydrogen-bond donors (Lipinski definition) is 2. The molecule has 1 aliphatic carbocycles. The molecule has 2 fully saturated rings. The van der Waals surface area contributed by atoms with Gasteiger partial charge in [0.15, 0.2) is 5.96 Å². The lowest BCUT2D eigenvalue weighted by Crippen LogP contribution is -2.51. The normalized spacial score (nSPS) is 22.0. The molecule has 25 heavy (non-hydrogen) atoms. The van der Waals surface area contributed by atoms with Gasteiger partial charge in [-0.1, -0.05) is 19.8 Å². The number of guanidine groups is 1. The molecule has 1 saturated heterocycles. The number of amides is 1. The molecular weight excluding hydrogens is 314 g/mol. The van der Waals surface area contributed by atoms with E-state index in [1.54, 1.807) is 11.9 Å². The quantitative estimate of drug-likeness (QED) is 0.541. The molecule has 0 spiro atoms. The zero-order valence-electron chi connectivity index (χ0n) is 16.6. The van der Waals surface area contributed by atoms with Crippen molar-refractivity contribution in [3.63, 3.8) is 0 Å². The summed E-state index contributed by atoms with van der Waals surface area (Å²) in [7, 11) is 5.52. The van der Waals surface area contributed by atoms with E-state index in [0.717, 1.165) is 44.6 Å². The molecule has 0 aromatic heterocycles. The first-order chi connectivity index (χ1) is 12.0. The van der Waals surface area contributed by atoms with E-state index in [1.165, 1.54) is 25.9 Å². The molecule has 0 radical (unpaired) electrons. The summed E-state index contributed by atoms with van der Waals surface area (Å²) in [4.78, 5) is 21.4. The van der Waals surface area contributed by atoms with E-state index < -0.39 is 0 Å². The molecule has 0 bridgehead atoms. The number of likely N-dealkylation sites (tertiary alicyclic amines) is 1. The largest absolute Gasteiger partial charge is 0.355 e. The number of carbonyl (C=O) groups is 1. The van der Waals surface area contributed by atoms with Crippen molar-refractivity contribution in [3.05, 3.63) is 0 Å². The Morgan fingerprint density at radius 1 is 1.16 bits per heavy atom. The van der Waals surface area contributed by atoms with Crippen molar-refractivity contribution in [1.82, 2.24) is 20.4 Å². The third-order valence-corrected chi connectivity index (χ3v) is 5.87. The van der Waals surface area contributed by atoms with Gasteiger partial charge in [-0.3, -0.25) is 14.7 Å². The van der Waals surface area contributed by atoms with Crippen LogP contribution in [-0.2, 0) is 4.79 Å². The smallest absolute Gasteiger partial charge is 0.230 e. The number of nitrogens with zero attached hydrogens (tertiary/aromatic N) is 3. The molecule has 2 rings (SSSR count). The third kappa shape index (κ3) is 5.09. The van der Waals surface area contributed by atoms with Gasteiger partial charge in [0.2, 0.25) is 5.91 Å². The van der Waals surface area contributed by atoms with Crippen LogP contribution in [0.4, 0.5) is 0 Å². The monoisotopic (exact) mass is 351 g/mol. The highest BCUT2D eigenvalue weighted by Gasteiger charge is 2.42. The van der Waals surface area contributed by atoms with Crippen LogP contribution in [0.3, 0.4) is 0 Å². The van der Waals surface area contributed by atoms with Gasteiger partial charge in [0, 0.05) is 40.3 Å². The zero-order chi connectivity index (χ0) is 18.3. The predicted molar refractivity (Wildman–Crippen MR) is 104 cm³/mol. The summed E-state index contributed by atoms with van der Waals surface area (Å²) in [6, 6.07) is 0.560. The van der Waals surface area contributed by atoms with Gasteiger partial charge >= 0.3 is 0 Å². The Morgan fingerprint density at radius 2 is 1.80 bits per heavy atom. The summed E-state index contributed by atoms with van der Waals surface area (Å²) >= 11 is 0. The highest BCUT2D eigenvalue weighted by Crippen LogP contribution is 2.38. The topological polar surface area (TPSA) is 60.0 Å². The van der Waals surface area contributed by atoms with Crippen LogP contribution in [0.15, 0.2) is 4.99 Å². The first-order valence-electron chi connectivity index (χ1n) is 9.93. The highest BCUT2D eigenvalue weighted by molar-refractivity contribution is 5.85. The average molecular weight is 352 g/mol. The van der Waals surface area contributed by atoms with Crippen LogP contribution >= 0.6 is 0 Å². The van der Waals surface area contributed by atoms with Crippen molar-refractivity contribution >= 4 is 11.9 Å². The summed E-state index contributed by atoms with van der Waals surface area (Å²) in [6.45, 7) is 6.26. The molecule has 2 aliphatic rings. The molecule has 1 saturated carbocycles. The second-order valence-electron chi connectivity index (χ2n) is 7.80. The van der Waals surface area contributed by atoms with E-state index in [9.17, 15) is 4.79 Å². The first-order valence-corrected chi connectivity index (χ1v) is 9.93. The van der Waals surface area contributed by atoms with Gasteiger partial charge in [0.05, 0.1) is 5.41 Å². The van der Waals surface area contributed by atoms with Gasteiger partial charge in [-0.25, -0.2) is 0 Å². The Labute approximate surface area is 153 Å². The van der Waals surface area contributed by atoms with Crippen molar-refractivity contribution in [2.24, 2.45) is 10.4 Å². The molecule has 1 atom stereocenters. The van der Waals surface area contributed by atoms with Crippen molar-refractivity contribution in [2.45, 2.75) is 57.9 Å². The lowest BCUT2D eigenvalue weighted by molar-refractivity contribution is -0.138. The van der Waals surface area contributed by atoms with Crippen LogP contribution < -0.4 is 10.6 Å². The van der Waals surface area contributed by atoms with E-state index >= 15 is 0 Å². The molecule has 0 aromatic rings. The molecule has 1 aliphatic heterocycles. The Morgan fingerprint density at radius 3 is 2.32 bits per heavy atom. The lowest BCUT2D eigenvalue weighted by atomic mass is 9.84. The van der Waals surface area contributed by atoms with Gasteiger partial charge in [-0.05, 0) is 45.2 Å². The Balaban J connectivity index is 1.87. The number of hydrogen-bond acceptors (Lipinski definition) is 3. The van der Waals surface area contributed by atoms with E-state index in [1.807, 2.05) is 14.1 Å². The minimum Gasteiger partial charge on any atom is -0.355 e. The fourth-order valence-corrected chi connectivity index (χ4v) is 4.32. The maximum absolute atomic E-state index is 12.7. The Bertz CT molecular complexity index is 451. The Kier molecular flexibility index (Phi) is 7.54. The zero-order valence-corrected chi connectivity index (χ0v) is 16.6. The van der Waals surface area contributed by atoms with Crippen molar-refractivity contribution in [1.29, 1.82) is 0 Å². The van der Waals surface area contributed by atoms with Crippen molar-refractivity contribution in [2.75, 3.05) is 47.3 Å². The van der Waals surface area contributed by atoms with Gasteiger partial charge in [-0.15, -0.1) is 0 Å². The molecular formula is C19H37N5O. The molecule has 1 amide bonds. The fraction of sp³-hybridized carbons (Fsp3) is 0.895. The standard InChI is InChI=1S/C19H37N5O/c1-5-16(24-12-8-9-13-24)14-21-18(20-2)22-15-19(10-6-7-11-19)17(25)23(3)4/h16H,5-15H2,1-4H3,(H2,20,21,22). The summed E-state index contributed by atoms with van der Waals surface area (Å²) in [5.74, 6) is 1.06. The maximum atomic E-state index is 12.7. The minimum atomic E-state index is -0.264. The van der Waals surface area contributed by atoms with E-state index in [0.29, 0.717) is 12.6 Å². The van der Waals surface area contributed by atoms with E-state index in [2.05, 4.69) is 27.4 Å². The molecule has 0 aromatic carbocycles.